The number of hydrogen-bond acceptors (Lipinski definition) is 3. The van der Waals surface area contributed by atoms with Gasteiger partial charge in [-0.05, 0) is 6.42 Å². The van der Waals surface area contributed by atoms with Crippen molar-refractivity contribution in [1.82, 2.24) is 19.6 Å². The first-order valence-electron chi connectivity index (χ1n) is 5.19. The molecule has 88 valence electrons. The van der Waals surface area contributed by atoms with Gasteiger partial charge in [0.1, 0.15) is 5.69 Å². The van der Waals surface area contributed by atoms with Crippen LogP contribution in [0.25, 0.3) is 11.4 Å². The van der Waals surface area contributed by atoms with Crippen LogP contribution in [-0.2, 0) is 13.1 Å². The standard InChI is InChI=1S/C10H9ClN4O2/c11-6-5-12-15-3-1-2-14-8(9(6)15)4-7(13-14)10(16)17/h4-5H,1-3H2,(H,16,17). The molecule has 0 bridgehead atoms. The molecular weight excluding hydrogens is 244 g/mol. The van der Waals surface area contributed by atoms with Gasteiger partial charge in [0.15, 0.2) is 5.69 Å². The Hall–Kier alpha value is -1.82. The normalized spacial score (nSPS) is 13.9. The average molecular weight is 253 g/mol. The zero-order valence-electron chi connectivity index (χ0n) is 8.80. The summed E-state index contributed by atoms with van der Waals surface area (Å²) in [6, 6.07) is 1.53. The summed E-state index contributed by atoms with van der Waals surface area (Å²) in [5.74, 6) is -1.03. The van der Waals surface area contributed by atoms with Crippen molar-refractivity contribution in [3.8, 4) is 11.4 Å². The molecule has 0 aliphatic carbocycles. The number of carboxylic acid groups (broad SMARTS) is 1. The lowest BCUT2D eigenvalue weighted by Gasteiger charge is -2.02. The van der Waals surface area contributed by atoms with Crippen LogP contribution < -0.4 is 0 Å². The minimum absolute atomic E-state index is 0.0331. The highest BCUT2D eigenvalue weighted by atomic mass is 35.5. The van der Waals surface area contributed by atoms with Gasteiger partial charge in [-0.15, -0.1) is 0 Å². The maximum atomic E-state index is 10.9. The fraction of sp³-hybridized carbons (Fsp3) is 0.300. The zero-order valence-corrected chi connectivity index (χ0v) is 9.55. The summed E-state index contributed by atoms with van der Waals surface area (Å²) in [4.78, 5) is 10.9. The molecule has 0 unspecified atom stereocenters. The number of nitrogens with zero attached hydrogens (tertiary/aromatic N) is 4. The van der Waals surface area contributed by atoms with Crippen LogP contribution in [-0.4, -0.2) is 30.6 Å². The zero-order chi connectivity index (χ0) is 12.0. The molecule has 0 spiro atoms. The van der Waals surface area contributed by atoms with Gasteiger partial charge in [-0.25, -0.2) is 4.79 Å². The summed E-state index contributed by atoms with van der Waals surface area (Å²) in [5.41, 5.74) is 1.48. The molecule has 0 radical (unpaired) electrons. The maximum Gasteiger partial charge on any atom is 0.356 e. The van der Waals surface area contributed by atoms with E-state index in [9.17, 15) is 4.79 Å². The first-order valence-corrected chi connectivity index (χ1v) is 5.57. The molecule has 0 saturated carbocycles. The lowest BCUT2D eigenvalue weighted by atomic mass is 10.3. The van der Waals surface area contributed by atoms with Gasteiger partial charge in [0.25, 0.3) is 0 Å². The van der Waals surface area contributed by atoms with E-state index in [4.69, 9.17) is 16.7 Å². The van der Waals surface area contributed by atoms with E-state index < -0.39 is 5.97 Å². The van der Waals surface area contributed by atoms with Crippen LogP contribution in [0.15, 0.2) is 12.3 Å². The first kappa shape index (κ1) is 10.3. The Bertz CT molecular complexity index is 601. The molecule has 2 aromatic rings. The molecule has 0 amide bonds. The fourth-order valence-electron chi connectivity index (χ4n) is 2.04. The minimum atomic E-state index is -1.03. The lowest BCUT2D eigenvalue weighted by Crippen LogP contribution is -2.04. The van der Waals surface area contributed by atoms with E-state index in [-0.39, 0.29) is 5.69 Å². The average Bonchev–Trinajstić information content (AvgIpc) is 2.80. The quantitative estimate of drug-likeness (QED) is 0.835. The van der Waals surface area contributed by atoms with Crippen molar-refractivity contribution in [2.24, 2.45) is 0 Å². The van der Waals surface area contributed by atoms with Crippen LogP contribution in [0, 0.1) is 0 Å². The molecule has 0 atom stereocenters. The van der Waals surface area contributed by atoms with Gasteiger partial charge >= 0.3 is 5.97 Å². The van der Waals surface area contributed by atoms with E-state index in [0.29, 0.717) is 17.3 Å². The van der Waals surface area contributed by atoms with E-state index in [1.165, 1.54) is 6.07 Å². The number of hydrogen-bond donors (Lipinski definition) is 1. The van der Waals surface area contributed by atoms with Crippen LogP contribution in [0.4, 0.5) is 0 Å². The third-order valence-corrected chi connectivity index (χ3v) is 3.05. The van der Waals surface area contributed by atoms with Gasteiger partial charge < -0.3 is 5.11 Å². The van der Waals surface area contributed by atoms with Crippen LogP contribution >= 0.6 is 11.6 Å². The van der Waals surface area contributed by atoms with Gasteiger partial charge in [-0.3, -0.25) is 9.36 Å². The molecule has 1 aliphatic heterocycles. The minimum Gasteiger partial charge on any atom is -0.476 e. The van der Waals surface area contributed by atoms with Crippen molar-refractivity contribution < 1.29 is 9.90 Å². The van der Waals surface area contributed by atoms with Gasteiger partial charge in [0, 0.05) is 19.2 Å². The first-order chi connectivity index (χ1) is 8.16. The topological polar surface area (TPSA) is 72.9 Å². The van der Waals surface area contributed by atoms with Gasteiger partial charge in [0.2, 0.25) is 0 Å². The second-order valence-electron chi connectivity index (χ2n) is 3.86. The summed E-state index contributed by atoms with van der Waals surface area (Å²) in [6.45, 7) is 1.43. The number of aryl methyl sites for hydroxylation is 2. The molecule has 17 heavy (non-hydrogen) atoms. The molecule has 1 N–H and O–H groups in total. The number of rotatable bonds is 1. The van der Waals surface area contributed by atoms with Crippen molar-refractivity contribution in [3.05, 3.63) is 23.0 Å². The van der Waals surface area contributed by atoms with Crippen molar-refractivity contribution in [1.29, 1.82) is 0 Å². The van der Waals surface area contributed by atoms with Crippen molar-refractivity contribution in [2.75, 3.05) is 0 Å². The highest BCUT2D eigenvalue weighted by Crippen LogP contribution is 2.30. The van der Waals surface area contributed by atoms with Crippen molar-refractivity contribution >= 4 is 17.6 Å². The van der Waals surface area contributed by atoms with E-state index in [1.54, 1.807) is 15.6 Å². The van der Waals surface area contributed by atoms with Crippen LogP contribution in [0.2, 0.25) is 5.02 Å². The number of carbonyl (C=O) groups is 1. The Balaban J connectivity index is 2.23. The fourth-order valence-corrected chi connectivity index (χ4v) is 2.28. The Morgan fingerprint density at radius 2 is 2.18 bits per heavy atom. The number of aromatic nitrogens is 4. The summed E-state index contributed by atoms with van der Waals surface area (Å²) >= 11 is 6.07. The second kappa shape index (κ2) is 3.59. The predicted molar refractivity (Wildman–Crippen MR) is 60.0 cm³/mol. The Kier molecular flexibility index (Phi) is 2.19. The van der Waals surface area contributed by atoms with E-state index in [0.717, 1.165) is 18.7 Å². The van der Waals surface area contributed by atoms with Crippen LogP contribution in [0.5, 0.6) is 0 Å². The Labute approximate surface area is 101 Å². The number of carboxylic acids is 1. The summed E-state index contributed by atoms with van der Waals surface area (Å²) < 4.78 is 3.46. The molecule has 3 rings (SSSR count). The summed E-state index contributed by atoms with van der Waals surface area (Å²) in [6.07, 6.45) is 2.42. The summed E-state index contributed by atoms with van der Waals surface area (Å²) in [5, 5.41) is 17.7. The highest BCUT2D eigenvalue weighted by molar-refractivity contribution is 6.33. The van der Waals surface area contributed by atoms with Crippen molar-refractivity contribution in [3.63, 3.8) is 0 Å². The largest absolute Gasteiger partial charge is 0.476 e. The van der Waals surface area contributed by atoms with Gasteiger partial charge in [-0.1, -0.05) is 11.6 Å². The van der Waals surface area contributed by atoms with Gasteiger partial charge in [0.05, 0.1) is 16.9 Å². The Morgan fingerprint density at radius 1 is 1.41 bits per heavy atom. The molecule has 0 fully saturated rings. The Morgan fingerprint density at radius 3 is 2.94 bits per heavy atom. The third-order valence-electron chi connectivity index (χ3n) is 2.78. The number of fused-ring (bicyclic) bond motifs is 3. The second-order valence-corrected chi connectivity index (χ2v) is 4.27. The maximum absolute atomic E-state index is 10.9. The molecule has 2 aromatic heterocycles. The third kappa shape index (κ3) is 1.52. The molecular formula is C10H9ClN4O2. The van der Waals surface area contributed by atoms with Crippen molar-refractivity contribution in [2.45, 2.75) is 19.5 Å². The molecule has 0 aromatic carbocycles. The molecule has 0 saturated heterocycles. The van der Waals surface area contributed by atoms with Gasteiger partial charge in [-0.2, -0.15) is 10.2 Å². The van der Waals surface area contributed by atoms with E-state index in [2.05, 4.69) is 10.2 Å². The van der Waals surface area contributed by atoms with E-state index in [1.807, 2.05) is 0 Å². The SMILES string of the molecule is O=C(O)c1cc2n(n1)CCCn1ncc(Cl)c1-2. The highest BCUT2D eigenvalue weighted by Gasteiger charge is 2.22. The van der Waals surface area contributed by atoms with E-state index >= 15 is 0 Å². The number of aromatic carboxylic acids is 1. The molecule has 7 heteroatoms. The molecule has 6 nitrogen and oxygen atoms in total. The summed E-state index contributed by atoms with van der Waals surface area (Å²) in [7, 11) is 0. The monoisotopic (exact) mass is 252 g/mol. The van der Waals surface area contributed by atoms with Crippen LogP contribution in [0.3, 0.4) is 0 Å². The van der Waals surface area contributed by atoms with Crippen LogP contribution in [0.1, 0.15) is 16.9 Å². The number of halogens is 1. The molecule has 3 heterocycles. The predicted octanol–water partition coefficient (Wildman–Crippen LogP) is 1.50. The smallest absolute Gasteiger partial charge is 0.356 e. The lowest BCUT2D eigenvalue weighted by molar-refractivity contribution is 0.0689. The molecule has 1 aliphatic rings.